The van der Waals surface area contributed by atoms with Crippen molar-refractivity contribution in [3.63, 3.8) is 0 Å². The molecule has 1 amide bonds. The number of nitrogens with one attached hydrogen (secondary N) is 1. The van der Waals surface area contributed by atoms with E-state index in [4.69, 9.17) is 11.6 Å². The lowest BCUT2D eigenvalue weighted by atomic mass is 10.2. The first-order chi connectivity index (χ1) is 12.6. The van der Waals surface area contributed by atoms with Gasteiger partial charge < -0.3 is 10.4 Å². The summed E-state index contributed by atoms with van der Waals surface area (Å²) >= 11 is 6.10. The van der Waals surface area contributed by atoms with Crippen molar-refractivity contribution >= 4 is 44.9 Å². The molecule has 1 atom stereocenters. The Labute approximate surface area is 162 Å². The molecule has 0 fully saturated rings. The van der Waals surface area contributed by atoms with Crippen LogP contribution in [-0.2, 0) is 19.6 Å². The summed E-state index contributed by atoms with van der Waals surface area (Å²) in [6, 6.07) is 8.78. The van der Waals surface area contributed by atoms with Crippen LogP contribution in [0.25, 0.3) is 0 Å². The molecule has 0 radical (unpaired) electrons. The van der Waals surface area contributed by atoms with Crippen LogP contribution in [0, 0.1) is 6.92 Å². The van der Waals surface area contributed by atoms with Gasteiger partial charge in [0.15, 0.2) is 0 Å². The minimum Gasteiger partial charge on any atom is -0.480 e. The topological polar surface area (TPSA) is 104 Å². The number of carboxylic acids is 1. The van der Waals surface area contributed by atoms with Crippen molar-refractivity contribution in [2.45, 2.75) is 31.7 Å². The van der Waals surface area contributed by atoms with Crippen LogP contribution >= 0.6 is 11.6 Å². The molecule has 2 rings (SSSR count). The van der Waals surface area contributed by atoms with Gasteiger partial charge >= 0.3 is 5.97 Å². The Morgan fingerprint density at radius 1 is 1.15 bits per heavy atom. The Kier molecular flexibility index (Phi) is 6.12. The number of benzene rings is 2. The average molecular weight is 411 g/mol. The highest BCUT2D eigenvalue weighted by Crippen LogP contribution is 2.33. The van der Waals surface area contributed by atoms with Crippen LogP contribution in [0.3, 0.4) is 0 Å². The van der Waals surface area contributed by atoms with Gasteiger partial charge in [0.05, 0.1) is 10.6 Å². The van der Waals surface area contributed by atoms with Gasteiger partial charge in [-0.15, -0.1) is 0 Å². The lowest BCUT2D eigenvalue weighted by Crippen LogP contribution is -2.43. The van der Waals surface area contributed by atoms with Gasteiger partial charge in [-0.25, -0.2) is 13.2 Å². The molecule has 0 aliphatic rings. The SMILES string of the molecule is CC(=O)Nc1ccc(S(=O)(=O)N(c2cccc(Cl)c2C)C(C)C(=O)O)cc1. The third-order valence-corrected chi connectivity index (χ3v) is 6.23. The van der Waals surface area contributed by atoms with Gasteiger partial charge in [-0.2, -0.15) is 0 Å². The summed E-state index contributed by atoms with van der Waals surface area (Å²) in [5, 5.41) is 12.3. The summed E-state index contributed by atoms with van der Waals surface area (Å²) in [5.41, 5.74) is 1.06. The van der Waals surface area contributed by atoms with Crippen LogP contribution in [-0.4, -0.2) is 31.4 Å². The summed E-state index contributed by atoms with van der Waals surface area (Å²) in [6.07, 6.45) is 0. The zero-order valence-electron chi connectivity index (χ0n) is 14.9. The fourth-order valence-corrected chi connectivity index (χ4v) is 4.35. The number of rotatable bonds is 6. The lowest BCUT2D eigenvalue weighted by molar-refractivity contribution is -0.137. The van der Waals surface area contributed by atoms with Crippen molar-refractivity contribution in [3.8, 4) is 0 Å². The van der Waals surface area contributed by atoms with Crippen molar-refractivity contribution in [3.05, 3.63) is 53.1 Å². The van der Waals surface area contributed by atoms with Crippen LogP contribution in [0.1, 0.15) is 19.4 Å². The number of halogens is 1. The van der Waals surface area contributed by atoms with Crippen molar-refractivity contribution < 1.29 is 23.1 Å². The number of aliphatic carboxylic acids is 1. The third-order valence-electron chi connectivity index (χ3n) is 3.92. The summed E-state index contributed by atoms with van der Waals surface area (Å²) in [7, 11) is -4.20. The standard InChI is InChI=1S/C18H19ClN2O5S/c1-11-16(19)5-4-6-17(11)21(12(2)18(23)24)27(25,26)15-9-7-14(8-10-15)20-13(3)22/h4-10,12H,1-3H3,(H,20,22)(H,23,24). The van der Waals surface area contributed by atoms with Crippen LogP contribution in [0.4, 0.5) is 11.4 Å². The number of carbonyl (C=O) groups excluding carboxylic acids is 1. The number of hydrogen-bond donors (Lipinski definition) is 2. The Bertz CT molecular complexity index is 974. The largest absolute Gasteiger partial charge is 0.480 e. The fourth-order valence-electron chi connectivity index (χ4n) is 2.51. The molecule has 0 aliphatic heterocycles. The van der Waals surface area contributed by atoms with Gasteiger partial charge in [-0.3, -0.25) is 9.10 Å². The maximum absolute atomic E-state index is 13.2. The number of sulfonamides is 1. The van der Waals surface area contributed by atoms with E-state index in [1.54, 1.807) is 19.1 Å². The molecule has 27 heavy (non-hydrogen) atoms. The van der Waals surface area contributed by atoms with Crippen LogP contribution in [0.15, 0.2) is 47.4 Å². The maximum Gasteiger partial charge on any atom is 0.327 e. The summed E-state index contributed by atoms with van der Waals surface area (Å²) in [5.74, 6) is -1.59. The first kappa shape index (κ1) is 20.7. The smallest absolute Gasteiger partial charge is 0.327 e. The van der Waals surface area contributed by atoms with Crippen molar-refractivity contribution in [2.24, 2.45) is 0 Å². The fraction of sp³-hybridized carbons (Fsp3) is 0.222. The monoisotopic (exact) mass is 410 g/mol. The molecule has 144 valence electrons. The number of carboxylic acid groups (broad SMARTS) is 1. The van der Waals surface area contributed by atoms with Gasteiger partial charge in [0.25, 0.3) is 10.0 Å². The van der Waals surface area contributed by atoms with E-state index in [1.165, 1.54) is 44.2 Å². The number of anilines is 2. The number of amides is 1. The molecular weight excluding hydrogens is 392 g/mol. The van der Waals surface area contributed by atoms with E-state index in [0.717, 1.165) is 4.31 Å². The molecule has 2 aromatic rings. The molecule has 9 heteroatoms. The van der Waals surface area contributed by atoms with Gasteiger partial charge in [0, 0.05) is 17.6 Å². The average Bonchev–Trinajstić information content (AvgIpc) is 2.58. The molecule has 0 heterocycles. The molecule has 0 saturated carbocycles. The molecule has 0 aromatic heterocycles. The number of carbonyl (C=O) groups is 2. The quantitative estimate of drug-likeness (QED) is 0.760. The minimum atomic E-state index is -4.20. The van der Waals surface area contributed by atoms with E-state index < -0.39 is 22.0 Å². The predicted octanol–water partition coefficient (Wildman–Crippen LogP) is 3.28. The highest BCUT2D eigenvalue weighted by molar-refractivity contribution is 7.93. The van der Waals surface area contributed by atoms with E-state index in [2.05, 4.69) is 5.32 Å². The van der Waals surface area contributed by atoms with Crippen LogP contribution in [0.2, 0.25) is 5.02 Å². The third kappa shape index (κ3) is 4.40. The first-order valence-corrected chi connectivity index (χ1v) is 9.77. The number of hydrogen-bond acceptors (Lipinski definition) is 4. The second kappa shape index (κ2) is 7.98. The van der Waals surface area contributed by atoms with Crippen molar-refractivity contribution in [2.75, 3.05) is 9.62 Å². The Hall–Kier alpha value is -2.58. The Morgan fingerprint density at radius 3 is 2.26 bits per heavy atom. The zero-order chi connectivity index (χ0) is 20.4. The summed E-state index contributed by atoms with van der Waals surface area (Å²) in [4.78, 5) is 22.6. The molecule has 0 saturated heterocycles. The molecule has 0 aliphatic carbocycles. The summed E-state index contributed by atoms with van der Waals surface area (Å²) in [6.45, 7) is 4.24. The van der Waals surface area contributed by atoms with Crippen LogP contribution in [0.5, 0.6) is 0 Å². The highest BCUT2D eigenvalue weighted by atomic mass is 35.5. The van der Waals surface area contributed by atoms with Gasteiger partial charge in [0.1, 0.15) is 6.04 Å². The second-order valence-corrected chi connectivity index (χ2v) is 8.13. The van der Waals surface area contributed by atoms with E-state index in [1.807, 2.05) is 0 Å². The Morgan fingerprint density at radius 2 is 1.74 bits per heavy atom. The molecule has 2 aromatic carbocycles. The van der Waals surface area contributed by atoms with Crippen molar-refractivity contribution in [1.82, 2.24) is 0 Å². The van der Waals surface area contributed by atoms with Crippen LogP contribution < -0.4 is 9.62 Å². The predicted molar refractivity (Wildman–Crippen MR) is 104 cm³/mol. The van der Waals surface area contributed by atoms with E-state index in [0.29, 0.717) is 16.3 Å². The maximum atomic E-state index is 13.2. The van der Waals surface area contributed by atoms with E-state index in [-0.39, 0.29) is 16.5 Å². The summed E-state index contributed by atoms with van der Waals surface area (Å²) < 4.78 is 27.3. The molecule has 1 unspecified atom stereocenters. The van der Waals surface area contributed by atoms with E-state index in [9.17, 15) is 23.1 Å². The Balaban J connectivity index is 2.59. The second-order valence-electron chi connectivity index (χ2n) is 5.90. The molecule has 0 spiro atoms. The van der Waals surface area contributed by atoms with Gasteiger partial charge in [-0.05, 0) is 55.8 Å². The molecule has 7 nitrogen and oxygen atoms in total. The highest BCUT2D eigenvalue weighted by Gasteiger charge is 2.34. The normalized spacial score (nSPS) is 12.3. The molecule has 0 bridgehead atoms. The lowest BCUT2D eigenvalue weighted by Gasteiger charge is -2.29. The number of nitrogens with zero attached hydrogens (tertiary/aromatic N) is 1. The molecular formula is C18H19ClN2O5S. The van der Waals surface area contributed by atoms with Gasteiger partial charge in [0.2, 0.25) is 5.91 Å². The van der Waals surface area contributed by atoms with Gasteiger partial charge in [-0.1, -0.05) is 17.7 Å². The minimum absolute atomic E-state index is 0.107. The van der Waals surface area contributed by atoms with E-state index >= 15 is 0 Å². The zero-order valence-corrected chi connectivity index (χ0v) is 16.5. The molecule has 2 N–H and O–H groups in total. The van der Waals surface area contributed by atoms with Crippen molar-refractivity contribution in [1.29, 1.82) is 0 Å². The first-order valence-electron chi connectivity index (χ1n) is 7.95.